The van der Waals surface area contributed by atoms with Gasteiger partial charge in [0.2, 0.25) is 0 Å². The van der Waals surface area contributed by atoms with Crippen molar-refractivity contribution in [1.29, 1.82) is 0 Å². The number of likely N-dealkylation sites (N-methyl/N-ethyl adjacent to an activating group) is 1. The predicted molar refractivity (Wildman–Crippen MR) is 105 cm³/mol. The molecule has 0 spiro atoms. The Labute approximate surface area is 156 Å². The number of carbonyl (C=O) groups excluding carboxylic acids is 1. The van der Waals surface area contributed by atoms with Gasteiger partial charge in [0.1, 0.15) is 0 Å². The minimum absolute atomic E-state index is 0.0325. The zero-order valence-electron chi connectivity index (χ0n) is 15.7. The van der Waals surface area contributed by atoms with Gasteiger partial charge in [0.05, 0.1) is 6.04 Å². The highest BCUT2D eigenvalue weighted by atomic mass is 16.2. The van der Waals surface area contributed by atoms with E-state index in [9.17, 15) is 4.79 Å². The Balaban J connectivity index is 1.56. The highest BCUT2D eigenvalue weighted by Crippen LogP contribution is 2.31. The minimum atomic E-state index is 0.0325. The second kappa shape index (κ2) is 8.70. The monoisotopic (exact) mass is 352 g/mol. The third kappa shape index (κ3) is 4.15. The normalized spacial score (nSPS) is 16.5. The van der Waals surface area contributed by atoms with Crippen LogP contribution in [0.1, 0.15) is 36.9 Å². The number of para-hydroxylation sites is 1. The van der Waals surface area contributed by atoms with Crippen molar-refractivity contribution in [2.24, 2.45) is 0 Å². The summed E-state index contributed by atoms with van der Waals surface area (Å²) in [6, 6.07) is 12.6. The van der Waals surface area contributed by atoms with Crippen LogP contribution < -0.4 is 10.2 Å². The Morgan fingerprint density at radius 2 is 2.04 bits per heavy atom. The van der Waals surface area contributed by atoms with E-state index < -0.39 is 0 Å². The van der Waals surface area contributed by atoms with Crippen LogP contribution in [0, 0.1) is 6.92 Å². The molecule has 0 aliphatic carbocycles. The average molecular weight is 352 g/mol. The van der Waals surface area contributed by atoms with Crippen molar-refractivity contribution in [1.82, 2.24) is 15.2 Å². The summed E-state index contributed by atoms with van der Waals surface area (Å²) in [5.41, 5.74) is 3.67. The number of nitrogens with zero attached hydrogens (tertiary/aromatic N) is 3. The van der Waals surface area contributed by atoms with Crippen LogP contribution in [0.15, 0.2) is 48.8 Å². The number of pyridine rings is 1. The predicted octanol–water partition coefficient (Wildman–Crippen LogP) is 3.76. The molecule has 1 aliphatic rings. The Morgan fingerprint density at radius 3 is 2.77 bits per heavy atom. The van der Waals surface area contributed by atoms with Crippen LogP contribution in [-0.4, -0.2) is 42.1 Å². The lowest BCUT2D eigenvalue weighted by molar-refractivity contribution is 0.193. The zero-order valence-corrected chi connectivity index (χ0v) is 15.7. The maximum absolute atomic E-state index is 12.7. The van der Waals surface area contributed by atoms with E-state index in [1.54, 1.807) is 12.4 Å². The lowest BCUT2D eigenvalue weighted by Gasteiger charge is -2.28. The average Bonchev–Trinajstić information content (AvgIpc) is 3.17. The molecular formula is C21H28N4O. The Morgan fingerprint density at radius 1 is 1.27 bits per heavy atom. The molecule has 26 heavy (non-hydrogen) atoms. The fraction of sp³-hybridized carbons (Fsp3) is 0.429. The number of aromatic nitrogens is 1. The van der Waals surface area contributed by atoms with E-state index in [-0.39, 0.29) is 12.1 Å². The molecule has 0 saturated carbocycles. The maximum Gasteiger partial charge on any atom is 0.317 e. The largest absolute Gasteiger partial charge is 0.370 e. The Hall–Kier alpha value is -2.56. The lowest BCUT2D eigenvalue weighted by atomic mass is 10.1. The van der Waals surface area contributed by atoms with Crippen molar-refractivity contribution in [2.45, 2.75) is 32.7 Å². The number of carbonyl (C=O) groups is 1. The summed E-state index contributed by atoms with van der Waals surface area (Å²) in [5, 5.41) is 3.11. The second-order valence-electron chi connectivity index (χ2n) is 6.73. The van der Waals surface area contributed by atoms with Crippen molar-refractivity contribution in [3.63, 3.8) is 0 Å². The number of benzene rings is 1. The Bertz CT molecular complexity index is 719. The highest BCUT2D eigenvalue weighted by Gasteiger charge is 2.29. The van der Waals surface area contributed by atoms with Crippen LogP contribution in [0.5, 0.6) is 0 Å². The summed E-state index contributed by atoms with van der Waals surface area (Å²) in [6.07, 6.45) is 5.66. The first-order valence-corrected chi connectivity index (χ1v) is 9.45. The first-order valence-electron chi connectivity index (χ1n) is 9.45. The fourth-order valence-electron chi connectivity index (χ4n) is 3.71. The zero-order chi connectivity index (χ0) is 18.4. The van der Waals surface area contributed by atoms with E-state index in [2.05, 4.69) is 53.3 Å². The van der Waals surface area contributed by atoms with Gasteiger partial charge in [0.25, 0.3) is 0 Å². The van der Waals surface area contributed by atoms with E-state index >= 15 is 0 Å². The fourth-order valence-corrected chi connectivity index (χ4v) is 3.71. The highest BCUT2D eigenvalue weighted by molar-refractivity contribution is 5.75. The van der Waals surface area contributed by atoms with Gasteiger partial charge in [-0.1, -0.05) is 18.2 Å². The number of likely N-dealkylation sites (tertiary alicyclic amines) is 1. The van der Waals surface area contributed by atoms with E-state index in [0.717, 1.165) is 32.5 Å². The smallest absolute Gasteiger partial charge is 0.317 e. The molecule has 2 heterocycles. The van der Waals surface area contributed by atoms with Crippen molar-refractivity contribution in [3.8, 4) is 0 Å². The van der Waals surface area contributed by atoms with Crippen molar-refractivity contribution in [3.05, 3.63) is 59.9 Å². The molecule has 1 atom stereocenters. The summed E-state index contributed by atoms with van der Waals surface area (Å²) in [5.74, 6) is 0. The quantitative estimate of drug-likeness (QED) is 0.861. The molecule has 138 valence electrons. The standard InChI is InChI=1S/C21H28N4O/c1-3-24(19-8-5-4-7-17(19)2)16-14-23-21(26)25-15-6-9-20(25)18-10-12-22-13-11-18/h4-5,7-8,10-13,20H,3,6,9,14-16H2,1-2H3,(H,23,26). The maximum atomic E-state index is 12.7. The number of hydrogen-bond donors (Lipinski definition) is 1. The molecule has 1 unspecified atom stereocenters. The molecule has 2 aromatic rings. The van der Waals surface area contributed by atoms with Crippen LogP contribution in [0.3, 0.4) is 0 Å². The SMILES string of the molecule is CCN(CCNC(=O)N1CCCC1c1ccncc1)c1ccccc1C. The number of rotatable bonds is 6. The molecule has 1 aliphatic heterocycles. The molecule has 5 heteroatoms. The van der Waals surface area contributed by atoms with Crippen LogP contribution in [0.25, 0.3) is 0 Å². The van der Waals surface area contributed by atoms with Crippen LogP contribution in [0.2, 0.25) is 0 Å². The van der Waals surface area contributed by atoms with Gasteiger partial charge in [-0.25, -0.2) is 4.79 Å². The molecular weight excluding hydrogens is 324 g/mol. The molecule has 1 aromatic heterocycles. The van der Waals surface area contributed by atoms with Crippen molar-refractivity contribution < 1.29 is 4.79 Å². The summed E-state index contributed by atoms with van der Waals surface area (Å²) in [7, 11) is 0. The second-order valence-corrected chi connectivity index (χ2v) is 6.73. The van der Waals surface area contributed by atoms with E-state index in [1.165, 1.54) is 16.8 Å². The van der Waals surface area contributed by atoms with Gasteiger partial charge in [-0.05, 0) is 56.0 Å². The third-order valence-electron chi connectivity index (χ3n) is 5.10. The van der Waals surface area contributed by atoms with Crippen LogP contribution >= 0.6 is 0 Å². The summed E-state index contributed by atoms with van der Waals surface area (Å²) >= 11 is 0. The van der Waals surface area contributed by atoms with Gasteiger partial charge < -0.3 is 15.1 Å². The van der Waals surface area contributed by atoms with E-state index in [4.69, 9.17) is 0 Å². The van der Waals surface area contributed by atoms with Crippen LogP contribution in [-0.2, 0) is 0 Å². The number of nitrogens with one attached hydrogen (secondary N) is 1. The van der Waals surface area contributed by atoms with Crippen LogP contribution in [0.4, 0.5) is 10.5 Å². The van der Waals surface area contributed by atoms with E-state index in [0.29, 0.717) is 6.54 Å². The van der Waals surface area contributed by atoms with Gasteiger partial charge >= 0.3 is 6.03 Å². The summed E-state index contributed by atoms with van der Waals surface area (Å²) < 4.78 is 0. The number of aryl methyl sites for hydroxylation is 1. The molecule has 1 aromatic carbocycles. The summed E-state index contributed by atoms with van der Waals surface area (Å²) in [6.45, 7) is 7.45. The molecule has 1 fully saturated rings. The van der Waals surface area contributed by atoms with Gasteiger partial charge in [-0.2, -0.15) is 0 Å². The van der Waals surface area contributed by atoms with E-state index in [1.807, 2.05) is 17.0 Å². The summed E-state index contributed by atoms with van der Waals surface area (Å²) in [4.78, 5) is 21.0. The first-order chi connectivity index (χ1) is 12.7. The van der Waals surface area contributed by atoms with Crippen molar-refractivity contribution in [2.75, 3.05) is 31.1 Å². The Kier molecular flexibility index (Phi) is 6.10. The molecule has 5 nitrogen and oxygen atoms in total. The number of amides is 2. The van der Waals surface area contributed by atoms with Crippen molar-refractivity contribution >= 4 is 11.7 Å². The molecule has 1 saturated heterocycles. The van der Waals surface area contributed by atoms with Gasteiger partial charge in [-0.15, -0.1) is 0 Å². The molecule has 1 N–H and O–H groups in total. The first kappa shape index (κ1) is 18.2. The topological polar surface area (TPSA) is 48.5 Å². The molecule has 0 bridgehead atoms. The number of hydrogen-bond acceptors (Lipinski definition) is 3. The molecule has 2 amide bonds. The van der Waals surface area contributed by atoms with Gasteiger partial charge in [0.15, 0.2) is 0 Å². The third-order valence-corrected chi connectivity index (χ3v) is 5.10. The number of anilines is 1. The minimum Gasteiger partial charge on any atom is -0.370 e. The number of urea groups is 1. The molecule has 0 radical (unpaired) electrons. The lowest BCUT2D eigenvalue weighted by Crippen LogP contribution is -2.43. The van der Waals surface area contributed by atoms with Gasteiger partial charge in [-0.3, -0.25) is 4.98 Å². The molecule has 3 rings (SSSR count). The van der Waals surface area contributed by atoms with Gasteiger partial charge in [0, 0.05) is 44.3 Å².